The number of halogens is 2. The summed E-state index contributed by atoms with van der Waals surface area (Å²) in [5.74, 6) is 0.275. The third kappa shape index (κ3) is 3.53. The van der Waals surface area contributed by atoms with Gasteiger partial charge in [0.25, 0.3) is 5.91 Å². The van der Waals surface area contributed by atoms with Gasteiger partial charge in [0, 0.05) is 49.8 Å². The molecule has 0 unspecified atom stereocenters. The normalized spacial score (nSPS) is 15.9. The molecule has 0 aliphatic carbocycles. The molecular weight excluding hydrogens is 316 g/mol. The van der Waals surface area contributed by atoms with Gasteiger partial charge in [0.2, 0.25) is 0 Å². The summed E-state index contributed by atoms with van der Waals surface area (Å²) in [7, 11) is 0. The molecule has 0 atom stereocenters. The third-order valence-corrected chi connectivity index (χ3v) is 4.12. The first kappa shape index (κ1) is 16.4. The SMILES string of the molecule is Nc1cccc(C(=O)N2CCN(Cc3nccn3C(F)F)CC2)c1. The number of anilines is 1. The standard InChI is InChI=1S/C16H19F2N5O/c17-16(18)23-5-4-20-14(23)11-21-6-8-22(9-7-21)15(24)12-2-1-3-13(19)10-12/h1-5,10,16H,6-9,11,19H2. The van der Waals surface area contributed by atoms with Crippen LogP contribution in [0.15, 0.2) is 36.7 Å². The van der Waals surface area contributed by atoms with Crippen molar-refractivity contribution in [2.75, 3.05) is 31.9 Å². The van der Waals surface area contributed by atoms with Crippen molar-refractivity contribution in [3.05, 3.63) is 48.0 Å². The van der Waals surface area contributed by atoms with E-state index in [1.165, 1.54) is 12.4 Å². The van der Waals surface area contributed by atoms with Gasteiger partial charge in [-0.25, -0.2) is 4.98 Å². The van der Waals surface area contributed by atoms with Crippen LogP contribution in [-0.2, 0) is 6.54 Å². The first-order chi connectivity index (χ1) is 11.5. The summed E-state index contributed by atoms with van der Waals surface area (Å²) < 4.78 is 26.6. The number of nitrogens with zero attached hydrogens (tertiary/aromatic N) is 4. The molecule has 1 aromatic carbocycles. The number of hydrogen-bond acceptors (Lipinski definition) is 4. The number of rotatable bonds is 4. The van der Waals surface area contributed by atoms with Crippen molar-refractivity contribution >= 4 is 11.6 Å². The summed E-state index contributed by atoms with van der Waals surface area (Å²) in [4.78, 5) is 20.2. The average Bonchev–Trinajstić information content (AvgIpc) is 3.03. The fourth-order valence-electron chi connectivity index (χ4n) is 2.81. The molecule has 0 spiro atoms. The Morgan fingerprint density at radius 2 is 2.00 bits per heavy atom. The lowest BCUT2D eigenvalue weighted by Crippen LogP contribution is -2.48. The zero-order valence-electron chi connectivity index (χ0n) is 13.1. The number of carbonyl (C=O) groups is 1. The smallest absolute Gasteiger partial charge is 0.319 e. The Bertz CT molecular complexity index is 710. The number of benzene rings is 1. The number of alkyl halides is 2. The van der Waals surface area contributed by atoms with E-state index in [0.717, 1.165) is 4.57 Å². The maximum atomic E-state index is 12.8. The van der Waals surface area contributed by atoms with Crippen LogP contribution in [0.4, 0.5) is 14.5 Å². The second-order valence-corrected chi connectivity index (χ2v) is 5.72. The predicted molar refractivity (Wildman–Crippen MR) is 85.5 cm³/mol. The number of aromatic nitrogens is 2. The van der Waals surface area contributed by atoms with Gasteiger partial charge in [0.15, 0.2) is 0 Å². The van der Waals surface area contributed by atoms with Gasteiger partial charge < -0.3 is 10.6 Å². The molecule has 128 valence electrons. The molecular formula is C16H19F2N5O. The summed E-state index contributed by atoms with van der Waals surface area (Å²) in [6.07, 6.45) is 2.65. The van der Waals surface area contributed by atoms with Crippen LogP contribution in [0.3, 0.4) is 0 Å². The van der Waals surface area contributed by atoms with Crippen molar-refractivity contribution in [2.24, 2.45) is 0 Å². The topological polar surface area (TPSA) is 67.4 Å². The molecule has 1 amide bonds. The molecule has 1 fully saturated rings. The summed E-state index contributed by atoms with van der Waals surface area (Å²) in [5.41, 5.74) is 6.83. The minimum Gasteiger partial charge on any atom is -0.399 e. The molecule has 8 heteroatoms. The number of hydrogen-bond donors (Lipinski definition) is 1. The van der Waals surface area contributed by atoms with E-state index in [1.54, 1.807) is 29.2 Å². The summed E-state index contributed by atoms with van der Waals surface area (Å²) in [6, 6.07) is 6.89. The van der Waals surface area contributed by atoms with Crippen LogP contribution in [0.25, 0.3) is 0 Å². The predicted octanol–water partition coefficient (Wildman–Crippen LogP) is 1.82. The molecule has 1 aliphatic rings. The highest BCUT2D eigenvalue weighted by atomic mass is 19.3. The zero-order chi connectivity index (χ0) is 17.1. The number of nitrogen functional groups attached to an aromatic ring is 1. The Morgan fingerprint density at radius 3 is 2.67 bits per heavy atom. The molecule has 2 aromatic rings. The zero-order valence-corrected chi connectivity index (χ0v) is 13.1. The first-order valence-electron chi connectivity index (χ1n) is 7.71. The van der Waals surface area contributed by atoms with E-state index < -0.39 is 6.55 Å². The van der Waals surface area contributed by atoms with Gasteiger partial charge in [0.1, 0.15) is 5.82 Å². The fourth-order valence-corrected chi connectivity index (χ4v) is 2.81. The Morgan fingerprint density at radius 1 is 1.25 bits per heavy atom. The van der Waals surface area contributed by atoms with E-state index in [-0.39, 0.29) is 5.91 Å². The Kier molecular flexibility index (Phi) is 4.75. The van der Waals surface area contributed by atoms with Crippen molar-refractivity contribution in [3.8, 4) is 0 Å². The number of nitrogens with two attached hydrogens (primary N) is 1. The second kappa shape index (κ2) is 6.96. The fraction of sp³-hybridized carbons (Fsp3) is 0.375. The molecule has 2 N–H and O–H groups in total. The highest BCUT2D eigenvalue weighted by Gasteiger charge is 2.23. The maximum Gasteiger partial charge on any atom is 0.319 e. The van der Waals surface area contributed by atoms with Gasteiger partial charge in [0.05, 0.1) is 6.54 Å². The van der Waals surface area contributed by atoms with E-state index in [2.05, 4.69) is 4.98 Å². The molecule has 0 radical (unpaired) electrons. The molecule has 3 rings (SSSR count). The maximum absolute atomic E-state index is 12.8. The van der Waals surface area contributed by atoms with Gasteiger partial charge in [-0.3, -0.25) is 14.3 Å². The lowest BCUT2D eigenvalue weighted by atomic mass is 10.1. The lowest BCUT2D eigenvalue weighted by Gasteiger charge is -2.34. The van der Waals surface area contributed by atoms with Crippen molar-refractivity contribution in [1.82, 2.24) is 19.4 Å². The van der Waals surface area contributed by atoms with Gasteiger partial charge in [-0.05, 0) is 18.2 Å². The van der Waals surface area contributed by atoms with Crippen molar-refractivity contribution < 1.29 is 13.6 Å². The third-order valence-electron chi connectivity index (χ3n) is 4.12. The summed E-state index contributed by atoms with van der Waals surface area (Å²) in [6.45, 7) is 0.0757. The van der Waals surface area contributed by atoms with Crippen molar-refractivity contribution in [2.45, 2.75) is 13.1 Å². The lowest BCUT2D eigenvalue weighted by molar-refractivity contribution is 0.0555. The molecule has 0 saturated carbocycles. The van der Waals surface area contributed by atoms with Crippen molar-refractivity contribution in [3.63, 3.8) is 0 Å². The molecule has 1 saturated heterocycles. The van der Waals surface area contributed by atoms with Crippen LogP contribution in [0, 0.1) is 0 Å². The first-order valence-corrected chi connectivity index (χ1v) is 7.71. The highest BCUT2D eigenvalue weighted by molar-refractivity contribution is 5.95. The number of imidazole rings is 1. The van der Waals surface area contributed by atoms with E-state index in [0.29, 0.717) is 49.8 Å². The highest BCUT2D eigenvalue weighted by Crippen LogP contribution is 2.16. The monoisotopic (exact) mass is 335 g/mol. The summed E-state index contributed by atoms with van der Waals surface area (Å²) in [5, 5.41) is 0. The summed E-state index contributed by atoms with van der Waals surface area (Å²) >= 11 is 0. The molecule has 1 aromatic heterocycles. The van der Waals surface area contributed by atoms with Gasteiger partial charge in [-0.1, -0.05) is 6.07 Å². The van der Waals surface area contributed by atoms with Crippen LogP contribution in [0.2, 0.25) is 0 Å². The van der Waals surface area contributed by atoms with Gasteiger partial charge in [-0.15, -0.1) is 0 Å². The molecule has 0 bridgehead atoms. The van der Waals surface area contributed by atoms with Gasteiger partial charge in [-0.2, -0.15) is 8.78 Å². The molecule has 6 nitrogen and oxygen atoms in total. The van der Waals surface area contributed by atoms with Gasteiger partial charge >= 0.3 is 6.55 Å². The van der Waals surface area contributed by atoms with E-state index in [9.17, 15) is 13.6 Å². The number of piperazine rings is 1. The second-order valence-electron chi connectivity index (χ2n) is 5.72. The Labute approximate surface area is 138 Å². The van der Waals surface area contributed by atoms with Crippen LogP contribution >= 0.6 is 0 Å². The van der Waals surface area contributed by atoms with E-state index >= 15 is 0 Å². The van der Waals surface area contributed by atoms with Crippen LogP contribution < -0.4 is 5.73 Å². The van der Waals surface area contributed by atoms with Crippen LogP contribution in [0.1, 0.15) is 22.7 Å². The Balaban J connectivity index is 1.58. The number of amides is 1. The Hall–Kier alpha value is -2.48. The van der Waals surface area contributed by atoms with Crippen LogP contribution in [0.5, 0.6) is 0 Å². The van der Waals surface area contributed by atoms with E-state index in [1.807, 2.05) is 4.90 Å². The number of carbonyl (C=O) groups excluding carboxylic acids is 1. The van der Waals surface area contributed by atoms with E-state index in [4.69, 9.17) is 5.73 Å². The largest absolute Gasteiger partial charge is 0.399 e. The van der Waals surface area contributed by atoms with Crippen molar-refractivity contribution in [1.29, 1.82) is 0 Å². The minimum absolute atomic E-state index is 0.0592. The molecule has 2 heterocycles. The quantitative estimate of drug-likeness (QED) is 0.866. The minimum atomic E-state index is -2.59. The average molecular weight is 335 g/mol. The van der Waals surface area contributed by atoms with Crippen LogP contribution in [-0.4, -0.2) is 51.4 Å². The molecule has 24 heavy (non-hydrogen) atoms. The molecule has 1 aliphatic heterocycles.